The largest absolute Gasteiger partial charge is 0.497 e. The Kier molecular flexibility index (Phi) is 7.61. The molecule has 9 nitrogen and oxygen atoms in total. The Labute approximate surface area is 233 Å². The molecule has 0 saturated heterocycles. The van der Waals surface area contributed by atoms with E-state index in [0.717, 1.165) is 5.56 Å². The first-order valence-corrected chi connectivity index (χ1v) is 13.1. The van der Waals surface area contributed by atoms with Gasteiger partial charge in [-0.3, -0.25) is 14.2 Å². The van der Waals surface area contributed by atoms with Crippen LogP contribution in [-0.4, -0.2) is 35.3 Å². The first kappa shape index (κ1) is 26.6. The second-order valence-electron chi connectivity index (χ2n) is 8.93. The fourth-order valence-electron chi connectivity index (χ4n) is 4.42. The van der Waals surface area contributed by atoms with Gasteiger partial charge in [0, 0.05) is 5.69 Å². The zero-order chi connectivity index (χ0) is 28.2. The van der Waals surface area contributed by atoms with Gasteiger partial charge in [-0.2, -0.15) is 0 Å². The molecule has 202 valence electrons. The van der Waals surface area contributed by atoms with Crippen LogP contribution >= 0.6 is 11.3 Å². The summed E-state index contributed by atoms with van der Waals surface area (Å²) in [5.74, 6) is -0.418. The Morgan fingerprint density at radius 2 is 1.80 bits per heavy atom. The SMILES string of the molecule is COc1ccc([C@@H]2C(C(=O)Nc3ccccc3)=C(C)N=c3s/c(=C\c4cccc(OCC(=O)O)c4)c(=O)n32)cc1. The Balaban J connectivity index is 1.61. The normalized spacial score (nSPS) is 14.8. The fraction of sp³-hybridized carbons (Fsp3) is 0.133. The van der Waals surface area contributed by atoms with Crippen LogP contribution in [0.25, 0.3) is 6.08 Å². The number of carboxylic acid groups (broad SMARTS) is 1. The Hall–Kier alpha value is -4.96. The lowest BCUT2D eigenvalue weighted by Gasteiger charge is -2.25. The van der Waals surface area contributed by atoms with E-state index >= 15 is 0 Å². The minimum absolute atomic E-state index is 0.307. The number of nitrogens with zero attached hydrogens (tertiary/aromatic N) is 2. The molecule has 0 radical (unpaired) electrons. The number of aliphatic carboxylic acids is 1. The Morgan fingerprint density at radius 3 is 2.50 bits per heavy atom. The lowest BCUT2D eigenvalue weighted by Crippen LogP contribution is -2.40. The maximum atomic E-state index is 13.9. The van der Waals surface area contributed by atoms with Crippen molar-refractivity contribution in [3.05, 3.63) is 121 Å². The van der Waals surface area contributed by atoms with E-state index in [1.165, 1.54) is 15.9 Å². The molecule has 2 heterocycles. The van der Waals surface area contributed by atoms with E-state index in [1.54, 1.807) is 68.6 Å². The maximum absolute atomic E-state index is 13.9. The van der Waals surface area contributed by atoms with Crippen LogP contribution in [-0.2, 0) is 9.59 Å². The third kappa shape index (κ3) is 5.57. The molecule has 0 fully saturated rings. The van der Waals surface area contributed by atoms with Gasteiger partial charge in [-0.25, -0.2) is 9.79 Å². The number of nitrogens with one attached hydrogen (secondary N) is 1. The number of amides is 1. The third-order valence-electron chi connectivity index (χ3n) is 6.25. The summed E-state index contributed by atoms with van der Waals surface area (Å²) < 4.78 is 12.5. The summed E-state index contributed by atoms with van der Waals surface area (Å²) in [5.41, 5.74) is 2.57. The summed E-state index contributed by atoms with van der Waals surface area (Å²) in [6, 6.07) is 22.4. The highest BCUT2D eigenvalue weighted by molar-refractivity contribution is 7.07. The molecule has 1 aromatic heterocycles. The number of thiazole rings is 1. The smallest absolute Gasteiger partial charge is 0.341 e. The van der Waals surface area contributed by atoms with E-state index in [0.29, 0.717) is 43.4 Å². The van der Waals surface area contributed by atoms with Gasteiger partial charge < -0.3 is 19.9 Å². The van der Waals surface area contributed by atoms with Crippen molar-refractivity contribution in [1.29, 1.82) is 0 Å². The molecule has 0 saturated carbocycles. The summed E-state index contributed by atoms with van der Waals surface area (Å²) in [4.78, 5) is 43.5. The minimum atomic E-state index is -1.08. The zero-order valence-electron chi connectivity index (χ0n) is 21.7. The van der Waals surface area contributed by atoms with Gasteiger partial charge >= 0.3 is 5.97 Å². The predicted octanol–water partition coefficient (Wildman–Crippen LogP) is 3.35. The van der Waals surface area contributed by atoms with Crippen molar-refractivity contribution < 1.29 is 24.2 Å². The van der Waals surface area contributed by atoms with Crippen molar-refractivity contribution in [2.45, 2.75) is 13.0 Å². The van der Waals surface area contributed by atoms with Crippen LogP contribution < -0.4 is 29.7 Å². The van der Waals surface area contributed by atoms with Crippen molar-refractivity contribution in [2.24, 2.45) is 4.99 Å². The number of fused-ring (bicyclic) bond motifs is 1. The fourth-order valence-corrected chi connectivity index (χ4v) is 5.47. The lowest BCUT2D eigenvalue weighted by molar-refractivity contribution is -0.139. The number of benzene rings is 3. The summed E-state index contributed by atoms with van der Waals surface area (Å²) in [7, 11) is 1.57. The molecule has 2 N–H and O–H groups in total. The average Bonchev–Trinajstić information content (AvgIpc) is 3.25. The number of anilines is 1. The minimum Gasteiger partial charge on any atom is -0.497 e. The highest BCUT2D eigenvalue weighted by atomic mass is 32.1. The molecule has 1 aliphatic rings. The number of allylic oxidation sites excluding steroid dienone is 1. The van der Waals surface area contributed by atoms with E-state index in [2.05, 4.69) is 10.3 Å². The molecule has 0 bridgehead atoms. The Morgan fingerprint density at radius 1 is 1.05 bits per heavy atom. The van der Waals surface area contributed by atoms with E-state index in [9.17, 15) is 14.4 Å². The number of hydrogen-bond donors (Lipinski definition) is 2. The highest BCUT2D eigenvalue weighted by Crippen LogP contribution is 2.31. The van der Waals surface area contributed by atoms with Crippen LogP contribution in [0.3, 0.4) is 0 Å². The second-order valence-corrected chi connectivity index (χ2v) is 9.94. The standard InChI is InChI=1S/C30H25N3O6S/c1-18-26(28(36)32-21-8-4-3-5-9-21)27(20-11-13-22(38-2)14-12-20)33-29(37)24(40-30(33)31-18)16-19-7-6-10-23(15-19)39-17-25(34)35/h3-16,27H,17H2,1-2H3,(H,32,36)(H,34,35)/b24-16-/t27-/m1/s1. The van der Waals surface area contributed by atoms with E-state index in [-0.39, 0.29) is 11.5 Å². The number of carbonyl (C=O) groups excluding carboxylic acids is 1. The van der Waals surface area contributed by atoms with Gasteiger partial charge in [0.15, 0.2) is 11.4 Å². The van der Waals surface area contributed by atoms with Crippen LogP contribution in [0.2, 0.25) is 0 Å². The summed E-state index contributed by atoms with van der Waals surface area (Å²) in [6.45, 7) is 1.29. The number of aromatic nitrogens is 1. The molecule has 1 aliphatic heterocycles. The number of ether oxygens (including phenoxy) is 2. The summed E-state index contributed by atoms with van der Waals surface area (Å²) >= 11 is 1.21. The van der Waals surface area contributed by atoms with Crippen LogP contribution in [0.1, 0.15) is 24.1 Å². The van der Waals surface area contributed by atoms with Crippen LogP contribution in [0.5, 0.6) is 11.5 Å². The van der Waals surface area contributed by atoms with Gasteiger partial charge in [0.25, 0.3) is 11.5 Å². The molecule has 1 amide bonds. The van der Waals surface area contributed by atoms with Gasteiger partial charge in [-0.05, 0) is 60.5 Å². The topological polar surface area (TPSA) is 119 Å². The number of para-hydroxylation sites is 1. The van der Waals surface area contributed by atoms with Crippen molar-refractivity contribution in [3.8, 4) is 11.5 Å². The van der Waals surface area contributed by atoms with Gasteiger partial charge in [0.1, 0.15) is 11.5 Å². The molecule has 10 heteroatoms. The predicted molar refractivity (Wildman–Crippen MR) is 151 cm³/mol. The lowest BCUT2D eigenvalue weighted by atomic mass is 9.95. The molecule has 0 unspecified atom stereocenters. The number of methoxy groups -OCH3 is 1. The second kappa shape index (κ2) is 11.4. The quantitative estimate of drug-likeness (QED) is 0.344. The van der Waals surface area contributed by atoms with Crippen molar-refractivity contribution in [3.63, 3.8) is 0 Å². The molecular weight excluding hydrogens is 530 g/mol. The van der Waals surface area contributed by atoms with Crippen molar-refractivity contribution in [2.75, 3.05) is 19.0 Å². The number of rotatable bonds is 8. The number of carboxylic acids is 1. The molecule has 5 rings (SSSR count). The Bertz CT molecular complexity index is 1790. The van der Waals surface area contributed by atoms with Crippen molar-refractivity contribution in [1.82, 2.24) is 4.57 Å². The van der Waals surface area contributed by atoms with E-state index < -0.39 is 18.6 Å². The van der Waals surface area contributed by atoms with Gasteiger partial charge in [-0.15, -0.1) is 0 Å². The van der Waals surface area contributed by atoms with E-state index in [4.69, 9.17) is 14.6 Å². The third-order valence-corrected chi connectivity index (χ3v) is 7.23. The monoisotopic (exact) mass is 555 g/mol. The van der Waals surface area contributed by atoms with Crippen molar-refractivity contribution >= 4 is 35.0 Å². The average molecular weight is 556 g/mol. The van der Waals surface area contributed by atoms with Gasteiger partial charge in [-0.1, -0.05) is 53.8 Å². The summed E-state index contributed by atoms with van der Waals surface area (Å²) in [5, 5.41) is 11.8. The van der Waals surface area contributed by atoms with E-state index in [1.807, 2.05) is 30.3 Å². The molecule has 1 atom stereocenters. The first-order chi connectivity index (χ1) is 19.3. The molecule has 0 spiro atoms. The maximum Gasteiger partial charge on any atom is 0.341 e. The molecule has 40 heavy (non-hydrogen) atoms. The summed E-state index contributed by atoms with van der Waals surface area (Å²) in [6.07, 6.45) is 1.70. The number of hydrogen-bond acceptors (Lipinski definition) is 7. The first-order valence-electron chi connectivity index (χ1n) is 12.3. The van der Waals surface area contributed by atoms with Crippen LogP contribution in [0.15, 0.2) is 99.9 Å². The molecule has 0 aliphatic carbocycles. The van der Waals surface area contributed by atoms with Gasteiger partial charge in [0.2, 0.25) is 0 Å². The molecular formula is C30H25N3O6S. The molecule has 3 aromatic carbocycles. The van der Waals surface area contributed by atoms with Crippen LogP contribution in [0, 0.1) is 0 Å². The van der Waals surface area contributed by atoms with Crippen LogP contribution in [0.4, 0.5) is 5.69 Å². The molecule has 4 aromatic rings. The zero-order valence-corrected chi connectivity index (χ0v) is 22.5. The number of carbonyl (C=O) groups is 2. The van der Waals surface area contributed by atoms with Gasteiger partial charge in [0.05, 0.1) is 29.0 Å². The highest BCUT2D eigenvalue weighted by Gasteiger charge is 2.32.